The molecule has 3 nitrogen and oxygen atoms in total. The number of rotatable bonds is 1. The van der Waals surface area contributed by atoms with Crippen molar-refractivity contribution in [2.24, 2.45) is 0 Å². The Morgan fingerprint density at radius 2 is 2.05 bits per heavy atom. The van der Waals surface area contributed by atoms with E-state index < -0.39 is 9.89 Å². The topological polar surface area (TPSA) is 29.5 Å². The van der Waals surface area contributed by atoms with Crippen molar-refractivity contribution in [3.05, 3.63) is 34.3 Å². The average molecular weight is 385 g/mol. The van der Waals surface area contributed by atoms with Gasteiger partial charge in [-0.05, 0) is 17.7 Å². The Labute approximate surface area is 134 Å². The number of carbonyl (C=O) groups excluding carboxylic acids is 1. The molecule has 0 saturated carbocycles. The van der Waals surface area contributed by atoms with Gasteiger partial charge in [-0.3, -0.25) is 4.90 Å². The molecular weight excluding hydrogens is 376 g/mol. The number of anilines is 1. The van der Waals surface area contributed by atoms with Gasteiger partial charge in [0.15, 0.2) is 0 Å². The number of alkyl halides is 3. The molecule has 1 aromatic rings. The number of para-hydroxylation sites is 1. The van der Waals surface area contributed by atoms with E-state index in [1.54, 1.807) is 0 Å². The third-order valence-electron chi connectivity index (χ3n) is 2.43. The minimum absolute atomic E-state index is 0.295. The lowest BCUT2D eigenvalue weighted by Gasteiger charge is -2.27. The first-order valence-electron chi connectivity index (χ1n) is 5.33. The van der Waals surface area contributed by atoms with Gasteiger partial charge in [0.25, 0.3) is 0 Å². The molecule has 102 valence electrons. The summed E-state index contributed by atoms with van der Waals surface area (Å²) >= 11 is 20.1. The predicted octanol–water partition coefficient (Wildman–Crippen LogP) is 4.75. The highest BCUT2D eigenvalue weighted by Crippen LogP contribution is 2.32. The van der Waals surface area contributed by atoms with Crippen molar-refractivity contribution < 1.29 is 9.53 Å². The van der Waals surface area contributed by atoms with Crippen molar-refractivity contribution in [1.29, 1.82) is 0 Å². The number of halogens is 4. The van der Waals surface area contributed by atoms with Crippen molar-refractivity contribution in [1.82, 2.24) is 0 Å². The van der Waals surface area contributed by atoms with Crippen LogP contribution in [0.1, 0.15) is 5.56 Å². The van der Waals surface area contributed by atoms with Gasteiger partial charge in [-0.1, -0.05) is 68.9 Å². The molecule has 0 atom stereocenters. The summed E-state index contributed by atoms with van der Waals surface area (Å²) in [5.74, 6) is 0. The molecule has 0 bridgehead atoms. The van der Waals surface area contributed by atoms with E-state index in [2.05, 4.69) is 15.9 Å². The first-order chi connectivity index (χ1) is 8.87. The second kappa shape index (κ2) is 5.92. The molecule has 0 fully saturated rings. The second-order valence-electron chi connectivity index (χ2n) is 3.91. The van der Waals surface area contributed by atoms with Gasteiger partial charge in [-0.15, -0.1) is 0 Å². The smallest absolute Gasteiger partial charge is 0.414 e. The van der Waals surface area contributed by atoms with Gasteiger partial charge < -0.3 is 4.74 Å². The summed E-state index contributed by atoms with van der Waals surface area (Å²) in [4.78, 5) is 13.5. The molecule has 0 aromatic heterocycles. The van der Waals surface area contributed by atoms with E-state index in [1.165, 1.54) is 4.90 Å². The molecule has 0 unspecified atom stereocenters. The summed E-state index contributed by atoms with van der Waals surface area (Å²) < 4.78 is 4.25. The van der Waals surface area contributed by atoms with Crippen LogP contribution in [0.5, 0.6) is 0 Å². The van der Waals surface area contributed by atoms with Crippen molar-refractivity contribution in [3.8, 4) is 0 Å². The Morgan fingerprint density at radius 3 is 2.74 bits per heavy atom. The molecular formula is C12H9BrCl3NO2. The lowest BCUT2D eigenvalue weighted by molar-refractivity contribution is 0.156. The largest absolute Gasteiger partial charge is 0.445 e. The van der Waals surface area contributed by atoms with Crippen LogP contribution in [0.4, 0.5) is 10.5 Å². The summed E-state index contributed by atoms with van der Waals surface area (Å²) in [6, 6.07) is 7.49. The van der Waals surface area contributed by atoms with Crippen LogP contribution < -0.4 is 4.90 Å². The minimum atomic E-state index is -1.61. The number of hydrogen-bond acceptors (Lipinski definition) is 2. The molecule has 0 aliphatic carbocycles. The normalized spacial score (nSPS) is 14.7. The van der Waals surface area contributed by atoms with E-state index in [-0.39, 0.29) is 6.61 Å². The van der Waals surface area contributed by atoms with Gasteiger partial charge in [-0.25, -0.2) is 4.79 Å². The van der Waals surface area contributed by atoms with Gasteiger partial charge in [-0.2, -0.15) is 0 Å². The van der Waals surface area contributed by atoms with E-state index in [1.807, 2.05) is 30.3 Å². The van der Waals surface area contributed by atoms with E-state index in [9.17, 15) is 4.79 Å². The number of benzene rings is 1. The maximum absolute atomic E-state index is 12.0. The molecule has 1 aliphatic rings. The zero-order valence-electron chi connectivity index (χ0n) is 9.58. The fraction of sp³-hybridized carbons (Fsp3) is 0.250. The van der Waals surface area contributed by atoms with E-state index in [0.717, 1.165) is 15.7 Å². The zero-order chi connectivity index (χ0) is 14.0. The number of ether oxygens (including phenoxy) is 1. The highest BCUT2D eigenvalue weighted by atomic mass is 79.9. The standard InChI is InChI=1S/C12H9BrCl3NO2/c13-9-5-8-3-1-2-4-10(8)17(6-9)11(18)19-7-12(14,15)16/h1-5H,6-7H2. The van der Waals surface area contributed by atoms with E-state index in [0.29, 0.717) is 6.54 Å². The highest BCUT2D eigenvalue weighted by Gasteiger charge is 2.27. The van der Waals surface area contributed by atoms with E-state index in [4.69, 9.17) is 39.5 Å². The Hall–Kier alpha value is -0.420. The van der Waals surface area contributed by atoms with Crippen molar-refractivity contribution in [3.63, 3.8) is 0 Å². The van der Waals surface area contributed by atoms with Crippen LogP contribution in [0.25, 0.3) is 6.08 Å². The summed E-state index contributed by atoms with van der Waals surface area (Å²) in [5, 5.41) is 0. The zero-order valence-corrected chi connectivity index (χ0v) is 13.4. The maximum atomic E-state index is 12.0. The summed E-state index contributed by atoms with van der Waals surface area (Å²) in [6.07, 6.45) is 1.40. The van der Waals surface area contributed by atoms with Gasteiger partial charge in [0.05, 0.1) is 12.2 Å². The van der Waals surface area contributed by atoms with Crippen molar-refractivity contribution >= 4 is 68.6 Å². The Morgan fingerprint density at radius 1 is 1.37 bits per heavy atom. The van der Waals surface area contributed by atoms with Crippen LogP contribution in [0.3, 0.4) is 0 Å². The Balaban J connectivity index is 2.17. The second-order valence-corrected chi connectivity index (χ2v) is 7.44. The number of amides is 1. The monoisotopic (exact) mass is 383 g/mol. The van der Waals surface area contributed by atoms with Crippen LogP contribution in [0.15, 0.2) is 28.7 Å². The first kappa shape index (κ1) is 15.0. The van der Waals surface area contributed by atoms with Crippen LogP contribution in [-0.4, -0.2) is 23.0 Å². The van der Waals surface area contributed by atoms with Gasteiger partial charge in [0.2, 0.25) is 3.79 Å². The summed E-state index contributed by atoms with van der Waals surface area (Å²) in [6.45, 7) is 0.0895. The third kappa shape index (κ3) is 4.02. The molecule has 0 saturated heterocycles. The van der Waals surface area contributed by atoms with Gasteiger partial charge in [0.1, 0.15) is 6.61 Å². The number of fused-ring (bicyclic) bond motifs is 1. The molecule has 1 aliphatic heterocycles. The molecule has 0 N–H and O–H groups in total. The average Bonchev–Trinajstić information content (AvgIpc) is 2.34. The number of hydrogen-bond donors (Lipinski definition) is 0. The molecule has 0 spiro atoms. The number of nitrogens with zero attached hydrogens (tertiary/aromatic N) is 1. The van der Waals surface area contributed by atoms with Crippen LogP contribution in [0, 0.1) is 0 Å². The van der Waals surface area contributed by atoms with Crippen molar-refractivity contribution in [2.45, 2.75) is 3.79 Å². The molecule has 19 heavy (non-hydrogen) atoms. The fourth-order valence-electron chi connectivity index (χ4n) is 1.69. The third-order valence-corrected chi connectivity index (χ3v) is 3.24. The first-order valence-corrected chi connectivity index (χ1v) is 7.25. The summed E-state index contributed by atoms with van der Waals surface area (Å²) in [5.41, 5.74) is 1.69. The molecule has 1 amide bonds. The minimum Gasteiger partial charge on any atom is -0.445 e. The lowest BCUT2D eigenvalue weighted by atomic mass is 10.1. The molecule has 0 radical (unpaired) electrons. The molecule has 1 aromatic carbocycles. The van der Waals surface area contributed by atoms with Gasteiger partial charge in [0, 0.05) is 4.48 Å². The highest BCUT2D eigenvalue weighted by molar-refractivity contribution is 9.11. The predicted molar refractivity (Wildman–Crippen MR) is 82.3 cm³/mol. The summed E-state index contributed by atoms with van der Waals surface area (Å²) in [7, 11) is 0. The molecule has 1 heterocycles. The van der Waals surface area contributed by atoms with Crippen molar-refractivity contribution in [2.75, 3.05) is 18.1 Å². The molecule has 2 rings (SSSR count). The Bertz CT molecular complexity index is 528. The Kier molecular flexibility index (Phi) is 4.66. The lowest BCUT2D eigenvalue weighted by Crippen LogP contribution is -2.36. The van der Waals surface area contributed by atoms with Crippen LogP contribution >= 0.6 is 50.7 Å². The van der Waals surface area contributed by atoms with Gasteiger partial charge >= 0.3 is 6.09 Å². The SMILES string of the molecule is O=C(OCC(Cl)(Cl)Cl)N1CC(Br)=Cc2ccccc21. The van der Waals surface area contributed by atoms with Crippen LogP contribution in [-0.2, 0) is 4.74 Å². The van der Waals surface area contributed by atoms with Crippen LogP contribution in [0.2, 0.25) is 0 Å². The number of carbonyl (C=O) groups is 1. The fourth-order valence-corrected chi connectivity index (χ4v) is 2.35. The quantitative estimate of drug-likeness (QED) is 0.653. The molecule has 7 heteroatoms. The van der Waals surface area contributed by atoms with E-state index >= 15 is 0 Å². The maximum Gasteiger partial charge on any atom is 0.414 e.